The second kappa shape index (κ2) is 8.85. The van der Waals surface area contributed by atoms with Crippen LogP contribution < -0.4 is 10.6 Å². The summed E-state index contributed by atoms with van der Waals surface area (Å²) in [6.45, 7) is 1.95. The van der Waals surface area contributed by atoms with Gasteiger partial charge in [0.15, 0.2) is 5.82 Å². The number of thiophene rings is 1. The number of piperidine rings is 2. The van der Waals surface area contributed by atoms with Crippen molar-refractivity contribution in [1.82, 2.24) is 29.5 Å². The highest BCUT2D eigenvalue weighted by atomic mass is 32.2. The Labute approximate surface area is 207 Å². The van der Waals surface area contributed by atoms with E-state index in [0.29, 0.717) is 30.4 Å². The van der Waals surface area contributed by atoms with E-state index in [4.69, 9.17) is 9.97 Å². The third kappa shape index (κ3) is 4.26. The molecule has 4 aromatic rings. The van der Waals surface area contributed by atoms with Crippen LogP contribution in [0.5, 0.6) is 0 Å². The van der Waals surface area contributed by atoms with E-state index in [1.165, 1.54) is 6.20 Å². The number of fused-ring (bicyclic) bond motifs is 3. The maximum absolute atomic E-state index is 13.4. The number of aromatic nitrogens is 5. The van der Waals surface area contributed by atoms with Crippen molar-refractivity contribution in [1.29, 1.82) is 0 Å². The maximum atomic E-state index is 13.4. The Morgan fingerprint density at radius 3 is 2.71 bits per heavy atom. The molecule has 0 saturated carbocycles. The molecule has 3 N–H and O–H groups in total. The lowest BCUT2D eigenvalue weighted by Gasteiger charge is -2.47. The summed E-state index contributed by atoms with van der Waals surface area (Å²) in [7, 11) is -3.58. The first-order valence-corrected chi connectivity index (χ1v) is 14.0. The molecule has 0 amide bonds. The minimum Gasteiger partial charge on any atom is -0.351 e. The normalized spacial score (nSPS) is 22.8. The van der Waals surface area contributed by atoms with Crippen LogP contribution in [-0.4, -0.2) is 56.0 Å². The molecule has 35 heavy (non-hydrogen) atoms. The van der Waals surface area contributed by atoms with Crippen molar-refractivity contribution in [3.63, 3.8) is 0 Å². The molecule has 0 aliphatic carbocycles. The molecule has 0 spiro atoms. The van der Waals surface area contributed by atoms with E-state index in [-0.39, 0.29) is 23.0 Å². The van der Waals surface area contributed by atoms with E-state index >= 15 is 0 Å². The highest BCUT2D eigenvalue weighted by molar-refractivity contribution is 7.89. The minimum atomic E-state index is -3.58. The lowest BCUT2D eigenvalue weighted by molar-refractivity contribution is 0.115. The second-order valence-electron chi connectivity index (χ2n) is 9.17. The lowest BCUT2D eigenvalue weighted by atomic mass is 9.84. The van der Waals surface area contributed by atoms with Crippen LogP contribution in [0.3, 0.4) is 0 Å². The van der Waals surface area contributed by atoms with Gasteiger partial charge in [-0.1, -0.05) is 6.42 Å². The summed E-state index contributed by atoms with van der Waals surface area (Å²) in [6.07, 6.45) is 7.20. The van der Waals surface area contributed by atoms with Crippen LogP contribution in [0.2, 0.25) is 0 Å². The number of H-pyrrole nitrogens is 1. The van der Waals surface area contributed by atoms with Gasteiger partial charge in [-0.3, -0.25) is 10.1 Å². The third-order valence-electron chi connectivity index (χ3n) is 6.73. The molecule has 182 valence electrons. The number of nitrogens with one attached hydrogen (secondary N) is 3. The van der Waals surface area contributed by atoms with Crippen molar-refractivity contribution in [3.05, 3.63) is 47.7 Å². The zero-order valence-corrected chi connectivity index (χ0v) is 20.8. The van der Waals surface area contributed by atoms with Gasteiger partial charge in [0.1, 0.15) is 15.5 Å². The van der Waals surface area contributed by atoms with Crippen molar-refractivity contribution in [2.45, 2.75) is 62.0 Å². The summed E-state index contributed by atoms with van der Waals surface area (Å²) in [6, 6.07) is 7.20. The van der Waals surface area contributed by atoms with Gasteiger partial charge in [-0.2, -0.15) is 14.4 Å². The van der Waals surface area contributed by atoms with E-state index in [9.17, 15) is 8.42 Å². The Kier molecular flexibility index (Phi) is 5.66. The summed E-state index contributed by atoms with van der Waals surface area (Å²) in [4.78, 5) is 14.7. The number of hydrogen-bond donors (Lipinski definition) is 3. The number of sulfonamides is 1. The molecule has 2 aliphatic rings. The van der Waals surface area contributed by atoms with Crippen molar-refractivity contribution in [3.8, 4) is 0 Å². The average Bonchev–Trinajstić information content (AvgIpc) is 3.48. The van der Waals surface area contributed by atoms with Gasteiger partial charge in [-0.05, 0) is 56.2 Å². The van der Waals surface area contributed by atoms with Crippen molar-refractivity contribution >= 4 is 49.2 Å². The number of rotatable bonds is 6. The van der Waals surface area contributed by atoms with Gasteiger partial charge in [0, 0.05) is 42.3 Å². The van der Waals surface area contributed by atoms with Gasteiger partial charge in [0.25, 0.3) is 0 Å². The van der Waals surface area contributed by atoms with Gasteiger partial charge >= 0.3 is 0 Å². The maximum Gasteiger partial charge on any atom is 0.245 e. The molecule has 3 atom stereocenters. The van der Waals surface area contributed by atoms with Gasteiger partial charge in [-0.25, -0.2) is 13.4 Å². The molecule has 4 aromatic heterocycles. The Hall–Kier alpha value is -3.09. The van der Waals surface area contributed by atoms with Gasteiger partial charge < -0.3 is 10.6 Å². The first kappa shape index (κ1) is 22.4. The molecule has 10 nitrogen and oxygen atoms in total. The summed E-state index contributed by atoms with van der Waals surface area (Å²) < 4.78 is 28.6. The molecular formula is C23H26N8O2S2. The Morgan fingerprint density at radius 1 is 1.17 bits per heavy atom. The third-order valence-corrected chi connectivity index (χ3v) is 9.52. The van der Waals surface area contributed by atoms with Gasteiger partial charge in [0.05, 0.1) is 5.39 Å². The summed E-state index contributed by atoms with van der Waals surface area (Å²) in [5.74, 6) is 1.94. The number of nitrogens with zero attached hydrogens (tertiary/aromatic N) is 5. The van der Waals surface area contributed by atoms with E-state index < -0.39 is 10.0 Å². The molecule has 6 heterocycles. The number of aromatic amines is 1. The average molecular weight is 511 g/mol. The van der Waals surface area contributed by atoms with Gasteiger partial charge in [0.2, 0.25) is 16.0 Å². The molecule has 6 rings (SSSR count). The van der Waals surface area contributed by atoms with Crippen LogP contribution in [0.4, 0.5) is 17.6 Å². The summed E-state index contributed by atoms with van der Waals surface area (Å²) in [5.41, 5.74) is 0.959. The zero-order chi connectivity index (χ0) is 24.0. The van der Waals surface area contributed by atoms with Crippen LogP contribution in [0.25, 0.3) is 10.2 Å². The lowest BCUT2D eigenvalue weighted by Crippen LogP contribution is -2.57. The van der Waals surface area contributed by atoms with Crippen LogP contribution in [0, 0.1) is 6.92 Å². The molecule has 12 heteroatoms. The van der Waals surface area contributed by atoms with Crippen molar-refractivity contribution < 1.29 is 8.42 Å². The molecule has 2 bridgehead atoms. The predicted molar refractivity (Wildman–Crippen MR) is 135 cm³/mol. The molecule has 2 saturated heterocycles. The van der Waals surface area contributed by atoms with Crippen LogP contribution >= 0.6 is 11.3 Å². The fourth-order valence-electron chi connectivity index (χ4n) is 5.27. The zero-order valence-electron chi connectivity index (χ0n) is 19.2. The molecular weight excluding hydrogens is 484 g/mol. The molecule has 0 aromatic carbocycles. The number of anilines is 3. The summed E-state index contributed by atoms with van der Waals surface area (Å²) >= 11 is 1.56. The smallest absolute Gasteiger partial charge is 0.245 e. The number of aryl methyl sites for hydroxylation is 1. The fourth-order valence-corrected chi connectivity index (χ4v) is 7.89. The van der Waals surface area contributed by atoms with Crippen LogP contribution in [0.1, 0.15) is 37.8 Å². The Bertz CT molecular complexity index is 1440. The Morgan fingerprint density at radius 2 is 2.00 bits per heavy atom. The van der Waals surface area contributed by atoms with Crippen molar-refractivity contribution in [2.24, 2.45) is 0 Å². The van der Waals surface area contributed by atoms with Crippen molar-refractivity contribution in [2.75, 3.05) is 10.6 Å². The predicted octanol–water partition coefficient (Wildman–Crippen LogP) is 4.05. The van der Waals surface area contributed by atoms with E-state index in [1.807, 2.05) is 24.4 Å². The highest BCUT2D eigenvalue weighted by Gasteiger charge is 2.45. The highest BCUT2D eigenvalue weighted by Crippen LogP contribution is 2.39. The minimum absolute atomic E-state index is 0.0553. The van der Waals surface area contributed by atoms with E-state index in [0.717, 1.165) is 35.2 Å². The number of hydrogen-bond acceptors (Lipinski definition) is 9. The summed E-state index contributed by atoms with van der Waals surface area (Å²) in [5, 5.41) is 16.9. The molecule has 2 aliphatic heterocycles. The quantitative estimate of drug-likeness (QED) is 0.354. The van der Waals surface area contributed by atoms with E-state index in [1.54, 1.807) is 34.0 Å². The standard InChI is InChI=1S/C23H26N8O2S2/c1-14-10-20(30-29-14)26-21-19-7-9-34-22(19)28-23(27-21)25-15-11-16-4-2-5-17(12-15)31(16)35(32,33)18-6-3-8-24-13-18/h3,6-10,13,15-17H,2,4-5,11-12H2,1H3,(H3,25,26,27,28,29,30)/t15?,16-,17+. The first-order valence-electron chi connectivity index (χ1n) is 11.7. The fraction of sp³-hybridized carbons (Fsp3) is 0.391. The first-order chi connectivity index (χ1) is 17.0. The molecule has 1 unspecified atom stereocenters. The molecule has 0 radical (unpaired) electrons. The van der Waals surface area contributed by atoms with Crippen LogP contribution in [0.15, 0.2) is 46.9 Å². The largest absolute Gasteiger partial charge is 0.351 e. The SMILES string of the molecule is Cc1cc(Nc2nc(NC3C[C@H]4CCC[C@@H](C3)N4S(=O)(=O)c3cccnc3)nc3sccc23)n[nH]1. The molecule has 2 fully saturated rings. The van der Waals surface area contributed by atoms with Crippen LogP contribution in [-0.2, 0) is 10.0 Å². The van der Waals surface area contributed by atoms with Gasteiger partial charge in [-0.15, -0.1) is 11.3 Å². The monoisotopic (exact) mass is 510 g/mol. The second-order valence-corrected chi connectivity index (χ2v) is 11.9. The number of pyridine rings is 1. The Balaban J connectivity index is 1.25. The topological polar surface area (TPSA) is 129 Å². The van der Waals surface area contributed by atoms with E-state index in [2.05, 4.69) is 25.8 Å².